The normalized spacial score (nSPS) is 16.7. The largest absolute Gasteiger partial charge is 0.475 e. The van der Waals surface area contributed by atoms with Crippen molar-refractivity contribution in [2.75, 3.05) is 32.0 Å². The van der Waals surface area contributed by atoms with Crippen LogP contribution in [0.2, 0.25) is 0 Å². The fraction of sp³-hybridized carbons (Fsp3) is 0.786. The highest BCUT2D eigenvalue weighted by Crippen LogP contribution is 2.25. The molecule has 5 heteroatoms. The van der Waals surface area contributed by atoms with Crippen molar-refractivity contribution in [2.45, 2.75) is 46.1 Å². The van der Waals surface area contributed by atoms with Crippen LogP contribution in [0.4, 0.5) is 5.69 Å². The number of aryl methyl sites for hydroxylation is 2. The van der Waals surface area contributed by atoms with Crippen LogP contribution >= 0.6 is 0 Å². The Morgan fingerprint density at radius 3 is 2.63 bits per heavy atom. The molecule has 19 heavy (non-hydrogen) atoms. The smallest absolute Gasteiger partial charge is 0.236 e. The summed E-state index contributed by atoms with van der Waals surface area (Å²) in [6.07, 6.45) is 5.03. The third kappa shape index (κ3) is 3.62. The summed E-state index contributed by atoms with van der Waals surface area (Å²) in [5.41, 5.74) is 7.58. The molecule has 2 heterocycles. The average molecular weight is 266 g/mol. The number of piperidine rings is 1. The number of likely N-dealkylation sites (tertiary alicyclic amines) is 1. The minimum absolute atomic E-state index is 0.687. The van der Waals surface area contributed by atoms with Gasteiger partial charge < -0.3 is 10.5 Å². The third-order valence-electron chi connectivity index (χ3n) is 3.66. The number of rotatable bonds is 6. The van der Waals surface area contributed by atoms with Crippen LogP contribution in [0.5, 0.6) is 5.88 Å². The molecule has 1 aliphatic rings. The SMILES string of the molecule is CCCn1nc(C)c(N)c1OCCN1CCCCC1. The van der Waals surface area contributed by atoms with Gasteiger partial charge in [0.1, 0.15) is 12.3 Å². The molecule has 108 valence electrons. The Morgan fingerprint density at radius 1 is 1.21 bits per heavy atom. The second-order valence-corrected chi connectivity index (χ2v) is 5.28. The van der Waals surface area contributed by atoms with Crippen LogP contribution in [0.3, 0.4) is 0 Å². The third-order valence-corrected chi connectivity index (χ3v) is 3.66. The summed E-state index contributed by atoms with van der Waals surface area (Å²) in [6, 6.07) is 0. The summed E-state index contributed by atoms with van der Waals surface area (Å²) >= 11 is 0. The van der Waals surface area contributed by atoms with Crippen LogP contribution in [-0.4, -0.2) is 40.9 Å². The lowest BCUT2D eigenvalue weighted by Crippen LogP contribution is -2.33. The molecule has 0 spiro atoms. The number of hydrogen-bond acceptors (Lipinski definition) is 4. The van der Waals surface area contributed by atoms with Gasteiger partial charge in [0.15, 0.2) is 0 Å². The monoisotopic (exact) mass is 266 g/mol. The van der Waals surface area contributed by atoms with Crippen molar-refractivity contribution in [1.82, 2.24) is 14.7 Å². The summed E-state index contributed by atoms with van der Waals surface area (Å²) in [7, 11) is 0. The molecule has 1 aromatic rings. The zero-order valence-electron chi connectivity index (χ0n) is 12.2. The number of nitrogen functional groups attached to an aromatic ring is 1. The topological polar surface area (TPSA) is 56.3 Å². The molecule has 0 bridgehead atoms. The van der Waals surface area contributed by atoms with Crippen LogP contribution < -0.4 is 10.5 Å². The molecule has 0 unspecified atom stereocenters. The van der Waals surface area contributed by atoms with E-state index in [-0.39, 0.29) is 0 Å². The highest BCUT2D eigenvalue weighted by atomic mass is 16.5. The van der Waals surface area contributed by atoms with Crippen molar-refractivity contribution in [3.8, 4) is 5.88 Å². The quantitative estimate of drug-likeness (QED) is 0.856. The van der Waals surface area contributed by atoms with E-state index in [1.807, 2.05) is 11.6 Å². The van der Waals surface area contributed by atoms with Crippen molar-refractivity contribution in [2.24, 2.45) is 0 Å². The van der Waals surface area contributed by atoms with Crippen molar-refractivity contribution >= 4 is 5.69 Å². The van der Waals surface area contributed by atoms with Gasteiger partial charge in [-0.1, -0.05) is 13.3 Å². The van der Waals surface area contributed by atoms with Gasteiger partial charge in [0.2, 0.25) is 5.88 Å². The second-order valence-electron chi connectivity index (χ2n) is 5.28. The molecule has 1 aliphatic heterocycles. The van der Waals surface area contributed by atoms with Crippen LogP contribution in [-0.2, 0) is 6.54 Å². The molecule has 0 atom stereocenters. The Bertz CT molecular complexity index is 396. The van der Waals surface area contributed by atoms with Gasteiger partial charge >= 0.3 is 0 Å². The molecule has 0 radical (unpaired) electrons. The van der Waals surface area contributed by atoms with E-state index in [2.05, 4.69) is 16.9 Å². The summed E-state index contributed by atoms with van der Waals surface area (Å²) in [6.45, 7) is 8.99. The van der Waals surface area contributed by atoms with Crippen LogP contribution in [0.15, 0.2) is 0 Å². The lowest BCUT2D eigenvalue weighted by Gasteiger charge is -2.26. The van der Waals surface area contributed by atoms with E-state index in [1.54, 1.807) is 0 Å². The van der Waals surface area contributed by atoms with Gasteiger partial charge in [-0.15, -0.1) is 0 Å². The Morgan fingerprint density at radius 2 is 1.95 bits per heavy atom. The number of hydrogen-bond donors (Lipinski definition) is 1. The highest BCUT2D eigenvalue weighted by Gasteiger charge is 2.14. The van der Waals surface area contributed by atoms with Gasteiger partial charge in [0.05, 0.1) is 5.69 Å². The molecule has 2 N–H and O–H groups in total. The fourth-order valence-electron chi connectivity index (χ4n) is 2.54. The van der Waals surface area contributed by atoms with E-state index in [0.717, 1.165) is 31.1 Å². The van der Waals surface area contributed by atoms with E-state index >= 15 is 0 Å². The predicted molar refractivity (Wildman–Crippen MR) is 77.5 cm³/mol. The standard InChI is InChI=1S/C14H26N4O/c1-3-7-18-14(13(15)12(2)16-18)19-11-10-17-8-5-4-6-9-17/h3-11,15H2,1-2H3. The molecule has 0 saturated carbocycles. The Labute approximate surface area is 115 Å². The molecule has 0 amide bonds. The highest BCUT2D eigenvalue weighted by molar-refractivity contribution is 5.52. The van der Waals surface area contributed by atoms with E-state index in [1.165, 1.54) is 32.4 Å². The van der Waals surface area contributed by atoms with Gasteiger partial charge in [-0.05, 0) is 39.3 Å². The average Bonchev–Trinajstić information content (AvgIpc) is 2.68. The van der Waals surface area contributed by atoms with E-state index in [4.69, 9.17) is 10.5 Å². The first-order valence-electron chi connectivity index (χ1n) is 7.40. The molecular weight excluding hydrogens is 240 g/mol. The van der Waals surface area contributed by atoms with Crippen molar-refractivity contribution in [3.63, 3.8) is 0 Å². The minimum Gasteiger partial charge on any atom is -0.475 e. The maximum absolute atomic E-state index is 6.03. The predicted octanol–water partition coefficient (Wildman–Crippen LogP) is 2.05. The van der Waals surface area contributed by atoms with E-state index in [0.29, 0.717) is 12.3 Å². The number of ether oxygens (including phenoxy) is 1. The maximum Gasteiger partial charge on any atom is 0.236 e. The van der Waals surface area contributed by atoms with Crippen molar-refractivity contribution in [3.05, 3.63) is 5.69 Å². The van der Waals surface area contributed by atoms with Crippen molar-refractivity contribution < 1.29 is 4.74 Å². The maximum atomic E-state index is 6.03. The number of nitrogens with two attached hydrogens (primary N) is 1. The van der Waals surface area contributed by atoms with Crippen LogP contribution in [0, 0.1) is 6.92 Å². The summed E-state index contributed by atoms with van der Waals surface area (Å²) in [5, 5.41) is 4.42. The van der Waals surface area contributed by atoms with E-state index < -0.39 is 0 Å². The lowest BCUT2D eigenvalue weighted by molar-refractivity contribution is 0.176. The van der Waals surface area contributed by atoms with Gasteiger partial charge in [-0.2, -0.15) is 5.10 Å². The Kier molecular flexibility index (Phi) is 5.07. The molecule has 0 aromatic carbocycles. The minimum atomic E-state index is 0.687. The first kappa shape index (κ1) is 14.2. The van der Waals surface area contributed by atoms with Gasteiger partial charge in [0.25, 0.3) is 0 Å². The van der Waals surface area contributed by atoms with Gasteiger partial charge in [-0.3, -0.25) is 4.90 Å². The molecular formula is C14H26N4O. The fourth-order valence-corrected chi connectivity index (χ4v) is 2.54. The number of anilines is 1. The van der Waals surface area contributed by atoms with E-state index in [9.17, 15) is 0 Å². The van der Waals surface area contributed by atoms with Crippen LogP contribution in [0.1, 0.15) is 38.3 Å². The first-order chi connectivity index (χ1) is 9.22. The zero-order valence-corrected chi connectivity index (χ0v) is 12.2. The molecule has 5 nitrogen and oxygen atoms in total. The number of nitrogens with zero attached hydrogens (tertiary/aromatic N) is 3. The summed E-state index contributed by atoms with van der Waals surface area (Å²) in [5.74, 6) is 0.747. The lowest BCUT2D eigenvalue weighted by atomic mass is 10.1. The van der Waals surface area contributed by atoms with Gasteiger partial charge in [0, 0.05) is 13.1 Å². The first-order valence-corrected chi connectivity index (χ1v) is 7.40. The molecule has 1 fully saturated rings. The van der Waals surface area contributed by atoms with Gasteiger partial charge in [-0.25, -0.2) is 4.68 Å². The number of aromatic nitrogens is 2. The Hall–Kier alpha value is -1.23. The zero-order chi connectivity index (χ0) is 13.7. The summed E-state index contributed by atoms with van der Waals surface area (Å²) < 4.78 is 7.77. The molecule has 2 rings (SSSR count). The molecule has 1 saturated heterocycles. The Balaban J connectivity index is 1.87. The summed E-state index contributed by atoms with van der Waals surface area (Å²) in [4.78, 5) is 2.47. The second kappa shape index (κ2) is 6.80. The molecule has 0 aliphatic carbocycles. The molecule has 1 aromatic heterocycles. The van der Waals surface area contributed by atoms with Crippen LogP contribution in [0.25, 0.3) is 0 Å². The van der Waals surface area contributed by atoms with Crippen molar-refractivity contribution in [1.29, 1.82) is 0 Å².